The molecular weight excluding hydrogens is 456 g/mol. The first-order valence-electron chi connectivity index (χ1n) is 11.8. The fraction of sp³-hybridized carbons (Fsp3) is 0.370. The van der Waals surface area contributed by atoms with Gasteiger partial charge in [0.2, 0.25) is 0 Å². The van der Waals surface area contributed by atoms with E-state index < -0.39 is 0 Å². The first-order valence-corrected chi connectivity index (χ1v) is 12.8. The maximum atomic E-state index is 5.46. The molecule has 1 saturated heterocycles. The Balaban J connectivity index is 0.00000289. The molecule has 0 bridgehead atoms. The van der Waals surface area contributed by atoms with Crippen molar-refractivity contribution in [3.63, 3.8) is 0 Å². The molecule has 0 amide bonds. The maximum Gasteiger partial charge on any atom is 0.191 e. The van der Waals surface area contributed by atoms with Crippen LogP contribution in [0, 0.1) is 0 Å². The highest BCUT2D eigenvalue weighted by molar-refractivity contribution is 7.99. The number of rotatable bonds is 9. The molecule has 1 aliphatic rings. The number of morpholine rings is 1. The van der Waals surface area contributed by atoms with Crippen molar-refractivity contribution in [2.75, 3.05) is 43.9 Å². The molecule has 1 aliphatic heterocycles. The van der Waals surface area contributed by atoms with Crippen LogP contribution in [0.3, 0.4) is 0 Å². The number of hydrogen-bond donors (Lipinski definition) is 1. The van der Waals surface area contributed by atoms with E-state index in [0.29, 0.717) is 5.92 Å². The molecular formula is C27H34N6OS. The van der Waals surface area contributed by atoms with E-state index in [-0.39, 0.29) is 7.43 Å². The molecule has 2 aromatic heterocycles. The van der Waals surface area contributed by atoms with Gasteiger partial charge in [-0.25, -0.2) is 14.6 Å². The van der Waals surface area contributed by atoms with E-state index in [9.17, 15) is 0 Å². The van der Waals surface area contributed by atoms with Gasteiger partial charge in [-0.15, -0.1) is 0 Å². The van der Waals surface area contributed by atoms with Crippen molar-refractivity contribution in [3.8, 4) is 0 Å². The summed E-state index contributed by atoms with van der Waals surface area (Å²) in [7, 11) is 0. The number of anilines is 2. The minimum Gasteiger partial charge on any atom is -0.379 e. The van der Waals surface area contributed by atoms with Crippen molar-refractivity contribution in [2.24, 2.45) is 0 Å². The third-order valence-electron chi connectivity index (χ3n) is 6.07. The van der Waals surface area contributed by atoms with Crippen LogP contribution in [0.1, 0.15) is 25.8 Å². The number of thioether (sulfide) groups is 1. The molecule has 0 radical (unpaired) electrons. The summed E-state index contributed by atoms with van der Waals surface area (Å²) in [5.74, 6) is 2.05. The van der Waals surface area contributed by atoms with Gasteiger partial charge in [-0.1, -0.05) is 74.6 Å². The first kappa shape index (κ1) is 25.2. The molecule has 1 N–H and O–H groups in total. The summed E-state index contributed by atoms with van der Waals surface area (Å²) in [4.78, 5) is 12.2. The van der Waals surface area contributed by atoms with Gasteiger partial charge in [0.1, 0.15) is 5.82 Å². The summed E-state index contributed by atoms with van der Waals surface area (Å²) in [5, 5.41) is 9.89. The molecule has 0 aliphatic carbocycles. The van der Waals surface area contributed by atoms with Gasteiger partial charge < -0.3 is 10.1 Å². The lowest BCUT2D eigenvalue weighted by molar-refractivity contribution is 0.0410. The van der Waals surface area contributed by atoms with Crippen LogP contribution in [0.2, 0.25) is 0 Å². The molecule has 7 nitrogen and oxygen atoms in total. The van der Waals surface area contributed by atoms with Crippen LogP contribution >= 0.6 is 11.8 Å². The molecule has 1 unspecified atom stereocenters. The van der Waals surface area contributed by atoms with E-state index in [1.807, 2.05) is 41.2 Å². The largest absolute Gasteiger partial charge is 0.379 e. The number of nitrogens with zero attached hydrogens (tertiary/aromatic N) is 5. The second-order valence-electron chi connectivity index (χ2n) is 8.52. The van der Waals surface area contributed by atoms with Gasteiger partial charge >= 0.3 is 0 Å². The molecule has 8 heteroatoms. The molecule has 0 saturated carbocycles. The highest BCUT2D eigenvalue weighted by Crippen LogP contribution is 2.28. The Kier molecular flexibility index (Phi) is 8.74. The third kappa shape index (κ3) is 6.39. The smallest absolute Gasteiger partial charge is 0.191 e. The predicted octanol–water partition coefficient (Wildman–Crippen LogP) is 5.43. The van der Waals surface area contributed by atoms with E-state index in [4.69, 9.17) is 19.8 Å². The second-order valence-corrected chi connectivity index (χ2v) is 9.59. The highest BCUT2D eigenvalue weighted by atomic mass is 32.2. The van der Waals surface area contributed by atoms with Crippen molar-refractivity contribution in [3.05, 3.63) is 72.4 Å². The summed E-state index contributed by atoms with van der Waals surface area (Å²) < 4.78 is 7.47. The van der Waals surface area contributed by atoms with Crippen LogP contribution in [0.5, 0.6) is 0 Å². The second kappa shape index (κ2) is 12.2. The Morgan fingerprint density at radius 3 is 2.46 bits per heavy atom. The lowest BCUT2D eigenvalue weighted by Gasteiger charge is -2.26. The molecule has 0 spiro atoms. The summed E-state index contributed by atoms with van der Waals surface area (Å²) >= 11 is 1.70. The third-order valence-corrected chi connectivity index (χ3v) is 6.90. The number of fused-ring (bicyclic) bond motifs is 1. The Hall–Kier alpha value is -2.94. The van der Waals surface area contributed by atoms with E-state index in [1.54, 1.807) is 11.8 Å². The SMILES string of the molecule is C.CC(Cn1ncc2c(Nc3ccccc3)nc(SCCN3CCOCC3)nc21)c1ccccc1. The lowest BCUT2D eigenvalue weighted by Crippen LogP contribution is -2.37. The number of hydrogen-bond acceptors (Lipinski definition) is 7. The molecule has 5 rings (SSSR count). The quantitative estimate of drug-likeness (QED) is 0.248. The van der Waals surface area contributed by atoms with Crippen LogP contribution < -0.4 is 5.32 Å². The summed E-state index contributed by atoms with van der Waals surface area (Å²) in [6.45, 7) is 7.60. The zero-order valence-electron chi connectivity index (χ0n) is 19.4. The minimum atomic E-state index is 0. The molecule has 1 fully saturated rings. The zero-order valence-corrected chi connectivity index (χ0v) is 20.2. The van der Waals surface area contributed by atoms with Gasteiger partial charge in [0, 0.05) is 43.5 Å². The van der Waals surface area contributed by atoms with Crippen LogP contribution in [0.4, 0.5) is 11.5 Å². The molecule has 35 heavy (non-hydrogen) atoms. The number of aromatic nitrogens is 4. The Morgan fingerprint density at radius 2 is 1.71 bits per heavy atom. The van der Waals surface area contributed by atoms with Crippen LogP contribution in [-0.4, -0.2) is 63.2 Å². The molecule has 3 heterocycles. The van der Waals surface area contributed by atoms with Gasteiger partial charge in [0.05, 0.1) is 24.8 Å². The monoisotopic (exact) mass is 490 g/mol. The average Bonchev–Trinajstić information content (AvgIpc) is 3.28. The van der Waals surface area contributed by atoms with Crippen LogP contribution in [0.25, 0.3) is 11.0 Å². The Labute approximate surface area is 211 Å². The van der Waals surface area contributed by atoms with Crippen molar-refractivity contribution < 1.29 is 4.74 Å². The van der Waals surface area contributed by atoms with Crippen molar-refractivity contribution in [2.45, 2.75) is 32.0 Å². The number of benzene rings is 2. The van der Waals surface area contributed by atoms with Crippen LogP contribution in [-0.2, 0) is 11.3 Å². The average molecular weight is 491 g/mol. The Morgan fingerprint density at radius 1 is 1.00 bits per heavy atom. The standard InChI is InChI=1S/C26H30N6OS.CH4/c1-20(21-8-4-2-5-9-21)19-32-25-23(18-27-32)24(28-22-10-6-3-7-11-22)29-26(30-25)34-17-14-31-12-15-33-16-13-31;/h2-11,18,20H,12-17,19H2,1H3,(H,28,29,30);1H4. The van der Waals surface area contributed by atoms with E-state index >= 15 is 0 Å². The van der Waals surface area contributed by atoms with Gasteiger partial charge in [-0.2, -0.15) is 5.10 Å². The van der Waals surface area contributed by atoms with Crippen LogP contribution in [0.15, 0.2) is 72.0 Å². The number of ether oxygens (including phenoxy) is 1. The van der Waals surface area contributed by atoms with Gasteiger partial charge in [-0.3, -0.25) is 4.90 Å². The van der Waals surface area contributed by atoms with E-state index in [0.717, 1.165) is 72.8 Å². The van der Waals surface area contributed by atoms with Gasteiger partial charge in [-0.05, 0) is 17.7 Å². The molecule has 2 aromatic carbocycles. The summed E-state index contributed by atoms with van der Waals surface area (Å²) in [6, 6.07) is 20.7. The van der Waals surface area contributed by atoms with Crippen molar-refractivity contribution >= 4 is 34.3 Å². The Bertz CT molecular complexity index is 1190. The molecule has 1 atom stereocenters. The summed E-state index contributed by atoms with van der Waals surface area (Å²) in [6.07, 6.45) is 1.88. The van der Waals surface area contributed by atoms with Gasteiger partial charge in [0.25, 0.3) is 0 Å². The number of nitrogens with one attached hydrogen (secondary N) is 1. The fourth-order valence-corrected chi connectivity index (χ4v) is 4.96. The fourth-order valence-electron chi connectivity index (χ4n) is 4.12. The first-order chi connectivity index (χ1) is 16.8. The minimum absolute atomic E-state index is 0. The summed E-state index contributed by atoms with van der Waals surface area (Å²) in [5.41, 5.74) is 3.16. The van der Waals surface area contributed by atoms with Gasteiger partial charge in [0.15, 0.2) is 10.8 Å². The normalized spacial score (nSPS) is 15.0. The molecule has 4 aromatic rings. The van der Waals surface area contributed by atoms with Crippen molar-refractivity contribution in [1.82, 2.24) is 24.6 Å². The van der Waals surface area contributed by atoms with E-state index in [1.165, 1.54) is 5.56 Å². The lowest BCUT2D eigenvalue weighted by atomic mass is 10.0. The zero-order chi connectivity index (χ0) is 23.2. The topological polar surface area (TPSA) is 68.1 Å². The predicted molar refractivity (Wildman–Crippen MR) is 145 cm³/mol. The van der Waals surface area contributed by atoms with Crippen molar-refractivity contribution in [1.29, 1.82) is 0 Å². The highest BCUT2D eigenvalue weighted by Gasteiger charge is 2.17. The van der Waals surface area contributed by atoms with E-state index in [2.05, 4.69) is 47.5 Å². The molecule has 184 valence electrons. The number of para-hydroxylation sites is 1. The maximum absolute atomic E-state index is 5.46.